The van der Waals surface area contributed by atoms with E-state index < -0.39 is 0 Å². The van der Waals surface area contributed by atoms with Crippen LogP contribution >= 0.6 is 0 Å². The lowest BCUT2D eigenvalue weighted by atomic mass is 9.93. The molecule has 15 aliphatic heterocycles. The van der Waals surface area contributed by atoms with Gasteiger partial charge in [-0.15, -0.1) is 0 Å². The number of nitrogens with one attached hydrogen (secondary N) is 4. The molecule has 0 spiro atoms. The predicted molar refractivity (Wildman–Crippen MR) is 638 cm³/mol. The molecule has 12 nitrogen and oxygen atoms in total. The Labute approximate surface area is 900 Å². The highest BCUT2D eigenvalue weighted by Gasteiger charge is 2.32. The SMILES string of the molecule is CCCCCCC1=C(C)c2nc1cc1[nH]c(c(C)c1CCCCCC)c1c3nc(cc4[nH]c(c(C)c4CCCCCC)c2Cc2ccc(cc2)OC(=O)CCCCCCCCCCC(=O)Oc2ccc(cc2)Cc2c4nc(cc5[nH]c(c(C)c5CCCCCC)c(c5nc(cc6[nH]c2c(C)c6CCCCCC)C(CCCCCC)=C5C)-c2ccc(cc2)C#CC#Cc2ccc-1cc2)C(CCCCCC)=C4C)C(CCCCCC)=C3C. The number of aryl methyl sites for hydroxylation is 8. The molecular weight excluding hydrogens is 1830 g/mol. The minimum absolute atomic E-state index is 0.200. The third-order valence-electron chi connectivity index (χ3n) is 33.0. The maximum absolute atomic E-state index is 13.8. The zero-order valence-electron chi connectivity index (χ0n) is 94.7. The molecule has 150 heavy (non-hydrogen) atoms. The van der Waals surface area contributed by atoms with Crippen molar-refractivity contribution in [3.8, 4) is 57.4 Å². The number of allylic oxidation sites excluding steroid dienone is 8. The summed E-state index contributed by atoms with van der Waals surface area (Å²) >= 11 is 0. The van der Waals surface area contributed by atoms with E-state index in [-0.39, 0.29) is 11.9 Å². The van der Waals surface area contributed by atoms with Gasteiger partial charge in [-0.2, -0.15) is 0 Å². The predicted octanol–water partition coefficient (Wildman–Crippen LogP) is 38.9. The summed E-state index contributed by atoms with van der Waals surface area (Å²) in [7, 11) is 0. The molecule has 28 bridgehead atoms. The number of esters is 2. The fourth-order valence-electron chi connectivity index (χ4n) is 23.9. The first-order valence-electron chi connectivity index (χ1n) is 59.5. The maximum Gasteiger partial charge on any atom is 0.311 e. The van der Waals surface area contributed by atoms with Crippen molar-refractivity contribution in [2.24, 2.45) is 0 Å². The average molecular weight is 2010 g/mol. The van der Waals surface area contributed by atoms with Crippen LogP contribution in [0.2, 0.25) is 0 Å². The highest BCUT2D eigenvalue weighted by molar-refractivity contribution is 6.04. The second-order valence-corrected chi connectivity index (χ2v) is 44.2. The molecule has 4 aromatic carbocycles. The monoisotopic (exact) mass is 2010 g/mol. The summed E-state index contributed by atoms with van der Waals surface area (Å²) in [4.78, 5) is 68.7. The Balaban J connectivity index is 0.917. The Bertz CT molecular complexity index is 6560. The van der Waals surface area contributed by atoms with E-state index in [0.29, 0.717) is 37.2 Å². The molecule has 0 saturated heterocycles. The lowest BCUT2D eigenvalue weighted by Crippen LogP contribution is -2.07. The molecule has 0 atom stereocenters. The van der Waals surface area contributed by atoms with E-state index in [4.69, 9.17) is 29.4 Å². The average Bonchev–Trinajstić information content (AvgIpc) is 1.61. The first kappa shape index (κ1) is 112. The van der Waals surface area contributed by atoms with Crippen LogP contribution in [0.15, 0.2) is 121 Å². The Hall–Kier alpha value is -11.9. The third-order valence-corrected chi connectivity index (χ3v) is 33.0. The number of hydrogen-bond donors (Lipinski definition) is 4. The number of carbonyl (C=O) groups excluding carboxylic acids is 2. The van der Waals surface area contributed by atoms with Gasteiger partial charge in [-0.25, -0.2) is 19.9 Å². The number of ether oxygens (including phenoxy) is 2. The van der Waals surface area contributed by atoms with Crippen LogP contribution in [-0.4, -0.2) is 51.8 Å². The van der Waals surface area contributed by atoms with Crippen LogP contribution in [0.25, 0.3) is 111 Å². The fourth-order valence-corrected chi connectivity index (χ4v) is 23.9. The molecule has 792 valence electrons. The number of benzene rings is 4. The molecule has 0 aliphatic carbocycles. The van der Waals surface area contributed by atoms with Gasteiger partial charge in [0.25, 0.3) is 0 Å². The highest BCUT2D eigenvalue weighted by atomic mass is 16.5. The molecule has 0 radical (unpaired) electrons. The van der Waals surface area contributed by atoms with Crippen molar-refractivity contribution in [2.45, 2.75) is 445 Å². The number of aromatic amines is 4. The third kappa shape index (κ3) is 28.4. The lowest BCUT2D eigenvalue weighted by Gasteiger charge is -2.10. The van der Waals surface area contributed by atoms with Crippen molar-refractivity contribution < 1.29 is 19.1 Å². The van der Waals surface area contributed by atoms with Gasteiger partial charge in [-0.1, -0.05) is 308 Å². The largest absolute Gasteiger partial charge is 0.427 e. The lowest BCUT2D eigenvalue weighted by molar-refractivity contribution is -0.135. The van der Waals surface area contributed by atoms with Gasteiger partial charge in [0.1, 0.15) is 11.5 Å². The molecule has 0 fully saturated rings. The molecule has 25 rings (SSSR count). The van der Waals surface area contributed by atoms with Crippen LogP contribution in [-0.2, 0) is 48.1 Å². The van der Waals surface area contributed by atoms with E-state index in [1.807, 2.05) is 24.3 Å². The summed E-state index contributed by atoms with van der Waals surface area (Å²) in [5.74, 6) is 14.5. The van der Waals surface area contributed by atoms with E-state index in [9.17, 15) is 9.59 Å². The fraction of sp³-hybridized carbons (Fsp3) is 0.493. The molecule has 21 heterocycles. The number of aromatic nitrogens is 8. The van der Waals surface area contributed by atoms with Crippen molar-refractivity contribution in [1.29, 1.82) is 0 Å². The Morgan fingerprint density at radius 1 is 0.273 bits per heavy atom. The summed E-state index contributed by atoms with van der Waals surface area (Å²) in [5.41, 5.74) is 48.6. The number of H-pyrrole nitrogens is 4. The molecule has 0 saturated carbocycles. The van der Waals surface area contributed by atoms with Gasteiger partial charge in [-0.05, 0) is 367 Å². The molecule has 6 aromatic heterocycles. The van der Waals surface area contributed by atoms with Crippen LogP contribution < -0.4 is 9.47 Å². The van der Waals surface area contributed by atoms with Gasteiger partial charge in [0.2, 0.25) is 0 Å². The quantitative estimate of drug-likeness (QED) is 0.0127. The minimum atomic E-state index is -0.200. The van der Waals surface area contributed by atoms with Crippen LogP contribution in [0.4, 0.5) is 0 Å². The highest BCUT2D eigenvalue weighted by Crippen LogP contribution is 2.49. The van der Waals surface area contributed by atoms with Crippen LogP contribution in [0.5, 0.6) is 11.5 Å². The zero-order valence-corrected chi connectivity index (χ0v) is 94.7. The molecule has 0 amide bonds. The van der Waals surface area contributed by atoms with Crippen LogP contribution in [0.3, 0.4) is 0 Å². The van der Waals surface area contributed by atoms with Crippen LogP contribution in [0, 0.1) is 51.4 Å². The second-order valence-electron chi connectivity index (χ2n) is 44.2. The van der Waals surface area contributed by atoms with E-state index >= 15 is 0 Å². The first-order chi connectivity index (χ1) is 73.3. The number of carbonyl (C=O) groups is 2. The van der Waals surface area contributed by atoms with Crippen molar-refractivity contribution in [3.05, 3.63) is 245 Å². The van der Waals surface area contributed by atoms with Gasteiger partial charge >= 0.3 is 11.9 Å². The van der Waals surface area contributed by atoms with E-state index in [1.165, 1.54) is 152 Å². The van der Waals surface area contributed by atoms with Crippen molar-refractivity contribution in [1.82, 2.24) is 39.9 Å². The van der Waals surface area contributed by atoms with Crippen molar-refractivity contribution in [2.75, 3.05) is 0 Å². The number of fused-ring (bicyclic) bond motifs is 2. The first-order valence-corrected chi connectivity index (χ1v) is 59.5. The Kier molecular flexibility index (Phi) is 42.3. The number of hydrogen-bond acceptors (Lipinski definition) is 8. The minimum Gasteiger partial charge on any atom is -0.427 e. The van der Waals surface area contributed by atoms with E-state index in [1.54, 1.807) is 0 Å². The summed E-state index contributed by atoms with van der Waals surface area (Å²) in [6, 6.07) is 44.3. The van der Waals surface area contributed by atoms with Crippen molar-refractivity contribution >= 4 is 101 Å². The topological polar surface area (TPSA) is 167 Å². The van der Waals surface area contributed by atoms with Gasteiger partial charge < -0.3 is 29.4 Å². The summed E-state index contributed by atoms with van der Waals surface area (Å²) in [6.07, 6.45) is 53.9. The summed E-state index contributed by atoms with van der Waals surface area (Å²) in [5, 5.41) is 0. The normalized spacial score (nSPS) is 14.1. The van der Waals surface area contributed by atoms with Gasteiger partial charge in [-0.3, -0.25) is 9.59 Å². The standard InChI is InChI=1S/C138H176N8O4/c1-17-25-33-47-61-109-93(9)131-117-87-103-75-83-107(84-76-103)149-127(147)69-55-45-43-41-42-44-46-56-70-128(148)150-108-85-77-104(78-86-108)88-118-133-95(11)111(63-49-35-27-19-3)121(141-133)91-125-115(67-53-39-31-23-7)99(15)137(145-125)130(138-100(16)116(68-54-40-32-24-8)126(146-138)92-122-112(64-50-36-28-20-4)96(12)134(118)142-122)106-81-73-102(74-82-106)60-58-57-59-101-71-79-105(80-72-101)129(135-97(13)113(65-51-37-29-21-5)123(143-135)89-119(109)139-131)136-98(14)114(66-52-38-30-22-6)124(144-136)90-120-110(62-48-34-26-18-2)94(10)132(117)140-120/h71-86,89-92,139,141,144,146H,17-56,61-70,87-88H2,1-16H3. The molecule has 0 unspecified atom stereocenters. The Morgan fingerprint density at radius 2 is 0.520 bits per heavy atom. The summed E-state index contributed by atoms with van der Waals surface area (Å²) in [6.45, 7) is 37.3. The van der Waals surface area contributed by atoms with Gasteiger partial charge in [0, 0.05) is 92.2 Å². The molecular formula is C138H176N8O4. The molecule has 12 heteroatoms. The van der Waals surface area contributed by atoms with Gasteiger partial charge in [0.05, 0.1) is 56.6 Å². The molecule has 4 N–H and O–H groups in total. The molecule has 10 aromatic rings. The van der Waals surface area contributed by atoms with E-state index in [2.05, 4.69) is 251 Å². The summed E-state index contributed by atoms with van der Waals surface area (Å²) < 4.78 is 12.3. The number of nitrogens with zero attached hydrogens (tertiary/aromatic N) is 4. The number of unbranched alkanes of at least 4 members (excludes halogenated alkanes) is 24. The van der Waals surface area contributed by atoms with Gasteiger partial charge in [0.15, 0.2) is 0 Å². The maximum atomic E-state index is 13.8. The van der Waals surface area contributed by atoms with Crippen LogP contribution in [0.1, 0.15) is 502 Å². The Morgan fingerprint density at radius 3 is 0.800 bits per heavy atom. The zero-order chi connectivity index (χ0) is 105. The smallest absolute Gasteiger partial charge is 0.311 e. The van der Waals surface area contributed by atoms with E-state index in [0.717, 1.165) is 391 Å². The van der Waals surface area contributed by atoms with Crippen molar-refractivity contribution in [3.63, 3.8) is 0 Å². The number of rotatable bonds is 40. The second kappa shape index (κ2) is 56.5. The molecule has 15 aliphatic rings.